The SMILES string of the molecule is C=C(CC)C(=O)c1ccc(OCC(=O)CCCNC(=O)CC[n+]2ccc(C=C3Sc4ccccc4N3CCC(=O)NCCNC(=O)COc3ccc(C(=O)C(=C)CC)c(Cl)c3Cl)c3ccccc32)c(Cl)c1Cl. The second kappa shape index (κ2) is 26.5. The Morgan fingerprint density at radius 3 is 1.88 bits per heavy atom. The number of carbonyl (C=O) groups excluding carboxylic acids is 6. The van der Waals surface area contributed by atoms with Gasteiger partial charge in [0.15, 0.2) is 36.7 Å². The van der Waals surface area contributed by atoms with Gasteiger partial charge in [0.05, 0.1) is 32.6 Å². The van der Waals surface area contributed by atoms with Crippen molar-refractivity contribution in [3.63, 3.8) is 0 Å². The molecule has 0 bridgehead atoms. The van der Waals surface area contributed by atoms with Crippen LogP contribution in [0.25, 0.3) is 17.0 Å². The van der Waals surface area contributed by atoms with Crippen LogP contribution in [-0.2, 0) is 25.7 Å². The first-order valence-electron chi connectivity index (χ1n) is 23.3. The Kier molecular flexibility index (Phi) is 20.3. The zero-order chi connectivity index (χ0) is 51.9. The maximum absolute atomic E-state index is 13.1. The fourth-order valence-electron chi connectivity index (χ4n) is 7.45. The molecule has 18 heteroatoms. The Morgan fingerprint density at radius 1 is 0.653 bits per heavy atom. The lowest BCUT2D eigenvalue weighted by molar-refractivity contribution is -0.670. The van der Waals surface area contributed by atoms with Crippen molar-refractivity contribution >= 4 is 116 Å². The third kappa shape index (κ3) is 14.3. The first-order valence-corrected chi connectivity index (χ1v) is 25.6. The molecule has 0 fully saturated rings. The highest BCUT2D eigenvalue weighted by Crippen LogP contribution is 2.47. The molecule has 5 aromatic rings. The second-order valence-electron chi connectivity index (χ2n) is 16.5. The van der Waals surface area contributed by atoms with Crippen LogP contribution in [0.2, 0.25) is 20.1 Å². The average molecular weight is 1070 g/mol. The van der Waals surface area contributed by atoms with Gasteiger partial charge in [0.1, 0.15) is 28.2 Å². The van der Waals surface area contributed by atoms with Crippen molar-refractivity contribution in [3.8, 4) is 11.5 Å². The van der Waals surface area contributed by atoms with E-state index in [-0.39, 0.29) is 117 Å². The van der Waals surface area contributed by atoms with E-state index in [9.17, 15) is 28.8 Å². The molecular weight excluding hydrogens is 1020 g/mol. The number of rotatable bonds is 26. The largest absolute Gasteiger partial charge is 0.484 e. The number of nitrogens with zero attached hydrogens (tertiary/aromatic N) is 2. The van der Waals surface area contributed by atoms with Gasteiger partial charge in [0.25, 0.3) is 5.91 Å². The fraction of sp³-hybridized carbons (Fsp3) is 0.278. The van der Waals surface area contributed by atoms with Gasteiger partial charge in [-0.3, -0.25) is 28.8 Å². The molecule has 1 aliphatic rings. The number of nitrogens with one attached hydrogen (secondary N) is 3. The third-order valence-corrected chi connectivity index (χ3v) is 14.4. The molecule has 1 aromatic heterocycles. The second-order valence-corrected chi connectivity index (χ2v) is 19.1. The third-order valence-electron chi connectivity index (χ3n) is 11.6. The molecule has 376 valence electrons. The van der Waals surface area contributed by atoms with Crippen molar-refractivity contribution in [3.05, 3.63) is 151 Å². The predicted octanol–water partition coefficient (Wildman–Crippen LogP) is 10.6. The Morgan fingerprint density at radius 2 is 1.22 bits per heavy atom. The maximum atomic E-state index is 13.1. The van der Waals surface area contributed by atoms with Crippen LogP contribution in [0.1, 0.15) is 78.7 Å². The van der Waals surface area contributed by atoms with E-state index < -0.39 is 5.91 Å². The fourth-order valence-corrected chi connectivity index (χ4v) is 9.51. The minimum atomic E-state index is -0.434. The quantitative estimate of drug-likeness (QED) is 0.0210. The Bertz CT molecular complexity index is 2960. The van der Waals surface area contributed by atoms with Crippen molar-refractivity contribution in [1.29, 1.82) is 0 Å². The number of thioether (sulfide) groups is 1. The van der Waals surface area contributed by atoms with E-state index in [0.717, 1.165) is 32.1 Å². The number of halogens is 4. The molecule has 0 unspecified atom stereocenters. The first kappa shape index (κ1) is 55.2. The van der Waals surface area contributed by atoms with Crippen LogP contribution >= 0.6 is 58.2 Å². The summed E-state index contributed by atoms with van der Waals surface area (Å²) in [7, 11) is 0. The lowest BCUT2D eigenvalue weighted by atomic mass is 10.0. The summed E-state index contributed by atoms with van der Waals surface area (Å²) >= 11 is 26.9. The molecule has 3 N–H and O–H groups in total. The standard InChI is InChI=1S/C54H53Cl4N5O8S/c1-5-33(3)53(68)38-17-19-42(51(57)49(38)55)70-31-36(64)12-11-24-59-45(65)22-28-62-27-21-35(37-13-7-8-14-40(37)62)30-48-63(41-15-9-10-16-44(41)72-48)29-23-46(66)60-25-26-61-47(67)32-71-43-20-18-39(50(56)52(43)58)54(69)34(4)6-2/h7-10,13-21,27,30H,3-6,11-12,22-26,28-29,31-32H2,1-2H3,(H2-,59,60,61,65,66,67)/p+1. The highest BCUT2D eigenvalue weighted by molar-refractivity contribution is 8.03. The van der Waals surface area contributed by atoms with Crippen molar-refractivity contribution < 1.29 is 42.8 Å². The molecule has 3 amide bonds. The number of aryl methyl sites for hydroxylation is 1. The number of ether oxygens (including phenoxy) is 2. The normalized spacial score (nSPS) is 12.3. The van der Waals surface area contributed by atoms with Gasteiger partial charge in [0.2, 0.25) is 17.3 Å². The molecule has 0 saturated heterocycles. The van der Waals surface area contributed by atoms with Crippen molar-refractivity contribution in [1.82, 2.24) is 16.0 Å². The van der Waals surface area contributed by atoms with Gasteiger partial charge >= 0.3 is 0 Å². The summed E-state index contributed by atoms with van der Waals surface area (Å²) in [5, 5.41) is 10.5. The maximum Gasteiger partial charge on any atom is 0.258 e. The highest BCUT2D eigenvalue weighted by Gasteiger charge is 2.27. The van der Waals surface area contributed by atoms with Crippen LogP contribution in [0.5, 0.6) is 11.5 Å². The van der Waals surface area contributed by atoms with E-state index in [1.165, 1.54) is 24.3 Å². The molecule has 13 nitrogen and oxygen atoms in total. The van der Waals surface area contributed by atoms with Crippen LogP contribution < -0.4 is 34.9 Å². The Labute approximate surface area is 442 Å². The van der Waals surface area contributed by atoms with Crippen LogP contribution in [0.15, 0.2) is 119 Å². The van der Waals surface area contributed by atoms with Gasteiger partial charge in [-0.2, -0.15) is 4.57 Å². The number of hydrogen-bond acceptors (Lipinski definition) is 10. The number of para-hydroxylation sites is 2. The monoisotopic (exact) mass is 1070 g/mol. The van der Waals surface area contributed by atoms with Crippen LogP contribution in [0.3, 0.4) is 0 Å². The number of anilines is 1. The van der Waals surface area contributed by atoms with E-state index in [1.807, 2.05) is 79.2 Å². The van der Waals surface area contributed by atoms with Gasteiger partial charge < -0.3 is 30.3 Å². The molecule has 2 heterocycles. The van der Waals surface area contributed by atoms with E-state index >= 15 is 0 Å². The van der Waals surface area contributed by atoms with Gasteiger partial charge in [-0.25, -0.2) is 0 Å². The van der Waals surface area contributed by atoms with Gasteiger partial charge in [-0.15, -0.1) is 0 Å². The van der Waals surface area contributed by atoms with Crippen molar-refractivity contribution in [2.75, 3.05) is 44.3 Å². The van der Waals surface area contributed by atoms with E-state index in [4.69, 9.17) is 55.9 Å². The summed E-state index contributed by atoms with van der Waals surface area (Å²) in [4.78, 5) is 79.3. The number of amides is 3. The summed E-state index contributed by atoms with van der Waals surface area (Å²) in [5.41, 5.74) is 4.12. The van der Waals surface area contributed by atoms with Gasteiger partial charge in [-0.1, -0.05) is 109 Å². The Hall–Kier alpha value is -6.16. The highest BCUT2D eigenvalue weighted by atomic mass is 35.5. The van der Waals surface area contributed by atoms with Crippen LogP contribution in [0.4, 0.5) is 5.69 Å². The summed E-state index contributed by atoms with van der Waals surface area (Å²) < 4.78 is 13.2. The number of hydrogen-bond donors (Lipinski definition) is 3. The zero-order valence-electron chi connectivity index (χ0n) is 39.8. The number of benzene rings is 4. The minimum Gasteiger partial charge on any atom is -0.484 e. The zero-order valence-corrected chi connectivity index (χ0v) is 43.7. The number of aromatic nitrogens is 1. The molecule has 0 atom stereocenters. The van der Waals surface area contributed by atoms with Crippen LogP contribution in [0, 0.1) is 0 Å². The molecular formula is C54H54Cl4N5O8S+. The minimum absolute atomic E-state index is 0.0172. The number of allylic oxidation sites excluding steroid dienone is 2. The summed E-state index contributed by atoms with van der Waals surface area (Å²) in [6.07, 6.45) is 6.01. The van der Waals surface area contributed by atoms with E-state index in [0.29, 0.717) is 50.0 Å². The topological polar surface area (TPSA) is 164 Å². The summed E-state index contributed by atoms with van der Waals surface area (Å²) in [6.45, 7) is 12.1. The molecule has 6 rings (SSSR count). The molecule has 0 spiro atoms. The molecule has 0 aliphatic carbocycles. The number of carbonyl (C=O) groups is 6. The number of fused-ring (bicyclic) bond motifs is 2. The first-order chi connectivity index (χ1) is 34.6. The lowest BCUT2D eigenvalue weighted by Gasteiger charge is -2.20. The van der Waals surface area contributed by atoms with Crippen molar-refractivity contribution in [2.45, 2.75) is 63.8 Å². The van der Waals surface area contributed by atoms with Crippen molar-refractivity contribution in [2.24, 2.45) is 0 Å². The predicted molar refractivity (Wildman–Crippen MR) is 286 cm³/mol. The molecule has 0 saturated carbocycles. The van der Waals surface area contributed by atoms with Gasteiger partial charge in [0, 0.05) is 67.2 Å². The Balaban J connectivity index is 0.955. The van der Waals surface area contributed by atoms with E-state index in [2.05, 4.69) is 40.1 Å². The number of Topliss-reactive ketones (excluding diaryl/α,β-unsaturated/α-hetero) is 3. The molecule has 72 heavy (non-hydrogen) atoms. The number of ketones is 3. The lowest BCUT2D eigenvalue weighted by Crippen LogP contribution is -2.38. The van der Waals surface area contributed by atoms with Crippen LogP contribution in [-0.4, -0.2) is 74.5 Å². The molecule has 1 aliphatic heterocycles. The smallest absolute Gasteiger partial charge is 0.258 e. The number of pyridine rings is 1. The molecule has 0 radical (unpaired) electrons. The summed E-state index contributed by atoms with van der Waals surface area (Å²) in [5.74, 6) is -1.23. The average Bonchev–Trinajstić information content (AvgIpc) is 3.74. The summed E-state index contributed by atoms with van der Waals surface area (Å²) in [6, 6.07) is 24.0. The molecule has 4 aromatic carbocycles. The van der Waals surface area contributed by atoms with E-state index in [1.54, 1.807) is 11.8 Å². The van der Waals surface area contributed by atoms with Gasteiger partial charge in [-0.05, 0) is 84.5 Å².